The summed E-state index contributed by atoms with van der Waals surface area (Å²) in [6.45, 7) is 6.70. The summed E-state index contributed by atoms with van der Waals surface area (Å²) in [7, 11) is 0. The van der Waals surface area contributed by atoms with Crippen LogP contribution in [0.1, 0.15) is 400 Å². The standard InChI is InChI=1S/C74H138O6/c1-4-7-10-13-16-19-22-25-28-31-33-35-37-39-41-43-46-49-52-55-58-61-64-67-73(76)79-70-71(69-78-72(75)66-63-60-57-54-51-48-45-30-27-24-21-18-15-12-9-6-3)80-74(77)68-65-62-59-56-53-50-47-44-42-40-38-36-34-32-29-26-23-20-17-14-11-8-5-2/h22,25,30-31,33,45,71H,4-21,23-24,26-29,32,34-44,46-70H2,1-3H3/b25-22-,33-31-,45-30-. The fourth-order valence-corrected chi connectivity index (χ4v) is 10.9. The highest BCUT2D eigenvalue weighted by Gasteiger charge is 2.19. The molecule has 0 saturated carbocycles. The molecule has 0 heterocycles. The number of hydrogen-bond acceptors (Lipinski definition) is 6. The smallest absolute Gasteiger partial charge is 0.306 e. The van der Waals surface area contributed by atoms with Gasteiger partial charge in [0.15, 0.2) is 6.10 Å². The minimum atomic E-state index is -0.775. The summed E-state index contributed by atoms with van der Waals surface area (Å²) in [6, 6.07) is 0. The third-order valence-corrected chi connectivity index (χ3v) is 16.4. The van der Waals surface area contributed by atoms with E-state index in [1.807, 2.05) is 0 Å². The van der Waals surface area contributed by atoms with Gasteiger partial charge in [0.05, 0.1) is 0 Å². The zero-order valence-corrected chi connectivity index (χ0v) is 54.1. The molecule has 0 spiro atoms. The lowest BCUT2D eigenvalue weighted by Crippen LogP contribution is -2.30. The molecule has 0 aliphatic heterocycles. The van der Waals surface area contributed by atoms with E-state index in [4.69, 9.17) is 14.2 Å². The molecule has 0 aliphatic carbocycles. The predicted molar refractivity (Wildman–Crippen MR) is 349 cm³/mol. The number of hydrogen-bond donors (Lipinski definition) is 0. The molecule has 0 aromatic carbocycles. The summed E-state index contributed by atoms with van der Waals surface area (Å²) < 4.78 is 17.0. The highest BCUT2D eigenvalue weighted by atomic mass is 16.6. The van der Waals surface area contributed by atoms with E-state index in [1.54, 1.807) is 0 Å². The molecule has 0 saturated heterocycles. The monoisotopic (exact) mass is 1120 g/mol. The van der Waals surface area contributed by atoms with Gasteiger partial charge >= 0.3 is 17.9 Å². The summed E-state index contributed by atoms with van der Waals surface area (Å²) in [5, 5.41) is 0. The molecule has 6 heteroatoms. The van der Waals surface area contributed by atoms with E-state index in [9.17, 15) is 14.4 Å². The first kappa shape index (κ1) is 77.6. The second kappa shape index (κ2) is 69.1. The van der Waals surface area contributed by atoms with Gasteiger partial charge in [-0.2, -0.15) is 0 Å². The summed E-state index contributed by atoms with van der Waals surface area (Å²) in [4.78, 5) is 38.5. The lowest BCUT2D eigenvalue weighted by atomic mass is 10.0. The van der Waals surface area contributed by atoms with Crippen molar-refractivity contribution < 1.29 is 28.6 Å². The minimum absolute atomic E-state index is 0.0710. The zero-order chi connectivity index (χ0) is 57.8. The summed E-state index contributed by atoms with van der Waals surface area (Å²) in [6.07, 6.45) is 86.0. The summed E-state index contributed by atoms with van der Waals surface area (Å²) >= 11 is 0. The summed E-state index contributed by atoms with van der Waals surface area (Å²) in [5.74, 6) is -0.850. The van der Waals surface area contributed by atoms with Crippen LogP contribution in [0.2, 0.25) is 0 Å². The number of allylic oxidation sites excluding steroid dienone is 6. The van der Waals surface area contributed by atoms with Crippen molar-refractivity contribution in [1.82, 2.24) is 0 Å². The van der Waals surface area contributed by atoms with Gasteiger partial charge in [0.25, 0.3) is 0 Å². The molecule has 0 fully saturated rings. The minimum Gasteiger partial charge on any atom is -0.462 e. The molecule has 0 aromatic heterocycles. The van der Waals surface area contributed by atoms with Gasteiger partial charge in [-0.05, 0) is 77.0 Å². The van der Waals surface area contributed by atoms with Crippen LogP contribution in [-0.4, -0.2) is 37.2 Å². The number of ether oxygens (including phenoxy) is 3. The van der Waals surface area contributed by atoms with Gasteiger partial charge in [-0.15, -0.1) is 0 Å². The average Bonchev–Trinajstić information content (AvgIpc) is 3.46. The van der Waals surface area contributed by atoms with Crippen LogP contribution in [0.15, 0.2) is 36.5 Å². The van der Waals surface area contributed by atoms with E-state index < -0.39 is 6.10 Å². The molecule has 1 atom stereocenters. The van der Waals surface area contributed by atoms with Crippen molar-refractivity contribution in [3.8, 4) is 0 Å². The molecule has 80 heavy (non-hydrogen) atoms. The Kier molecular flexibility index (Phi) is 67.1. The first-order valence-corrected chi connectivity index (χ1v) is 36.0. The zero-order valence-electron chi connectivity index (χ0n) is 54.1. The molecule has 0 amide bonds. The van der Waals surface area contributed by atoms with Gasteiger partial charge in [0.1, 0.15) is 13.2 Å². The molecule has 0 bridgehead atoms. The maximum atomic E-state index is 13.0. The molecule has 1 unspecified atom stereocenters. The fourth-order valence-electron chi connectivity index (χ4n) is 10.9. The Balaban J connectivity index is 4.29. The Labute approximate surface area is 499 Å². The van der Waals surface area contributed by atoms with E-state index in [0.29, 0.717) is 19.3 Å². The van der Waals surface area contributed by atoms with Crippen LogP contribution in [0, 0.1) is 0 Å². The van der Waals surface area contributed by atoms with Crippen LogP contribution in [0.5, 0.6) is 0 Å². The van der Waals surface area contributed by atoms with Crippen LogP contribution < -0.4 is 0 Å². The molecular formula is C74H138O6. The largest absolute Gasteiger partial charge is 0.462 e. The SMILES string of the molecule is CCCCCCC/C=C\C/C=C\CCCCCCCCCCCCCC(=O)OCC(COC(=O)CCCCCCC/C=C\CCCCCCCCC)OC(=O)CCCCCCCCCCCCCCCCCCCCCCCCC. The second-order valence-electron chi connectivity index (χ2n) is 24.5. The summed E-state index contributed by atoms with van der Waals surface area (Å²) in [5.41, 5.74) is 0. The van der Waals surface area contributed by atoms with Gasteiger partial charge in [0, 0.05) is 19.3 Å². The van der Waals surface area contributed by atoms with E-state index in [-0.39, 0.29) is 31.1 Å². The number of esters is 3. The van der Waals surface area contributed by atoms with Crippen molar-refractivity contribution in [3.05, 3.63) is 36.5 Å². The van der Waals surface area contributed by atoms with Crippen molar-refractivity contribution in [1.29, 1.82) is 0 Å². The molecular weight excluding hydrogens is 985 g/mol. The van der Waals surface area contributed by atoms with Gasteiger partial charge in [-0.1, -0.05) is 340 Å². The number of unbranched alkanes of at least 4 members (excludes halogenated alkanes) is 50. The normalized spacial score (nSPS) is 12.2. The second-order valence-corrected chi connectivity index (χ2v) is 24.5. The van der Waals surface area contributed by atoms with Crippen LogP contribution in [0.4, 0.5) is 0 Å². The molecule has 0 rings (SSSR count). The molecule has 0 N–H and O–H groups in total. The lowest BCUT2D eigenvalue weighted by molar-refractivity contribution is -0.167. The quantitative estimate of drug-likeness (QED) is 0.0261. The van der Waals surface area contributed by atoms with Crippen molar-refractivity contribution in [3.63, 3.8) is 0 Å². The molecule has 0 radical (unpaired) electrons. The van der Waals surface area contributed by atoms with Gasteiger partial charge in [-0.25, -0.2) is 0 Å². The number of carbonyl (C=O) groups excluding carboxylic acids is 3. The van der Waals surface area contributed by atoms with E-state index >= 15 is 0 Å². The molecule has 470 valence electrons. The Morgan fingerprint density at radius 2 is 0.450 bits per heavy atom. The van der Waals surface area contributed by atoms with Crippen LogP contribution in [0.25, 0.3) is 0 Å². The fraction of sp³-hybridized carbons (Fsp3) is 0.878. The van der Waals surface area contributed by atoms with Gasteiger partial charge < -0.3 is 14.2 Å². The molecule has 0 aromatic rings. The third kappa shape index (κ3) is 66.4. The van der Waals surface area contributed by atoms with E-state index in [1.165, 1.54) is 289 Å². The topological polar surface area (TPSA) is 78.9 Å². The average molecular weight is 1120 g/mol. The van der Waals surface area contributed by atoms with E-state index in [2.05, 4.69) is 57.2 Å². The highest BCUT2D eigenvalue weighted by Crippen LogP contribution is 2.18. The maximum Gasteiger partial charge on any atom is 0.306 e. The first-order chi connectivity index (χ1) is 39.5. The molecule has 6 nitrogen and oxygen atoms in total. The van der Waals surface area contributed by atoms with Crippen molar-refractivity contribution in [2.24, 2.45) is 0 Å². The molecule has 0 aliphatic rings. The van der Waals surface area contributed by atoms with Crippen LogP contribution in [0.3, 0.4) is 0 Å². The van der Waals surface area contributed by atoms with Gasteiger partial charge in [0.2, 0.25) is 0 Å². The Hall–Kier alpha value is -2.37. The van der Waals surface area contributed by atoms with Crippen LogP contribution >= 0.6 is 0 Å². The number of carbonyl (C=O) groups is 3. The van der Waals surface area contributed by atoms with Crippen molar-refractivity contribution in [2.45, 2.75) is 406 Å². The maximum absolute atomic E-state index is 13.0. The van der Waals surface area contributed by atoms with Crippen molar-refractivity contribution >= 4 is 17.9 Å². The Morgan fingerprint density at radius 3 is 0.700 bits per heavy atom. The highest BCUT2D eigenvalue weighted by molar-refractivity contribution is 5.71. The third-order valence-electron chi connectivity index (χ3n) is 16.4. The van der Waals surface area contributed by atoms with Crippen LogP contribution in [-0.2, 0) is 28.6 Å². The Bertz CT molecular complexity index is 1340. The van der Waals surface area contributed by atoms with E-state index in [0.717, 1.165) is 70.6 Å². The van der Waals surface area contributed by atoms with Crippen molar-refractivity contribution in [2.75, 3.05) is 13.2 Å². The lowest BCUT2D eigenvalue weighted by Gasteiger charge is -2.18. The van der Waals surface area contributed by atoms with Gasteiger partial charge in [-0.3, -0.25) is 14.4 Å². The first-order valence-electron chi connectivity index (χ1n) is 36.0. The predicted octanol–water partition coefficient (Wildman–Crippen LogP) is 24.7. The Morgan fingerprint density at radius 1 is 0.250 bits per heavy atom. The number of rotatable bonds is 67.